The van der Waals surface area contributed by atoms with Crippen LogP contribution in [0.2, 0.25) is 0 Å². The van der Waals surface area contributed by atoms with Crippen LogP contribution >= 0.6 is 0 Å². The molecule has 5 aromatic rings. The second kappa shape index (κ2) is 15.8. The molecule has 10 heteroatoms. The molecule has 0 radical (unpaired) electrons. The van der Waals surface area contributed by atoms with Gasteiger partial charge in [0.25, 0.3) is 10.0 Å². The number of sulfonamides is 1. The highest BCUT2D eigenvalue weighted by molar-refractivity contribution is 7.92. The standard InChI is InChI=1S/C38H37N3O6S/c1-39-38(43)36(26-29-13-6-3-7-14-29)40(27-30-15-12-18-34(25-30)46-2)37(42)28-41(48(44,45)35-19-10-5-11-20-35)31-21-23-33(24-22-31)47-32-16-8-4-9-17-32/h3-25,36H,26-28H2,1-2H3,(H,39,43)/t36-/m1/s1. The lowest BCUT2D eigenvalue weighted by Gasteiger charge is -2.33. The monoisotopic (exact) mass is 663 g/mol. The van der Waals surface area contributed by atoms with Crippen LogP contribution in [-0.2, 0) is 32.6 Å². The number of ether oxygens (including phenoxy) is 2. The third-order valence-electron chi connectivity index (χ3n) is 7.72. The van der Waals surface area contributed by atoms with Crippen LogP contribution in [0.15, 0.2) is 144 Å². The Hall–Kier alpha value is -5.61. The van der Waals surface area contributed by atoms with Crippen molar-refractivity contribution in [1.82, 2.24) is 10.2 Å². The van der Waals surface area contributed by atoms with Gasteiger partial charge in [-0.25, -0.2) is 8.42 Å². The number of amides is 2. The van der Waals surface area contributed by atoms with Gasteiger partial charge in [-0.1, -0.05) is 78.9 Å². The smallest absolute Gasteiger partial charge is 0.264 e. The molecule has 1 atom stereocenters. The Bertz CT molecular complexity index is 1910. The van der Waals surface area contributed by atoms with Gasteiger partial charge in [-0.3, -0.25) is 13.9 Å². The predicted molar refractivity (Wildman–Crippen MR) is 185 cm³/mol. The molecule has 0 saturated heterocycles. The third kappa shape index (κ3) is 8.40. The van der Waals surface area contributed by atoms with E-state index in [1.807, 2.05) is 66.7 Å². The molecule has 5 rings (SSSR count). The fraction of sp³-hybridized carbons (Fsp3) is 0.158. The van der Waals surface area contributed by atoms with E-state index in [0.29, 0.717) is 22.8 Å². The summed E-state index contributed by atoms with van der Waals surface area (Å²) in [6.45, 7) is -0.535. The molecule has 0 heterocycles. The van der Waals surface area contributed by atoms with E-state index in [9.17, 15) is 18.0 Å². The highest BCUT2D eigenvalue weighted by atomic mass is 32.2. The molecule has 0 aliphatic heterocycles. The highest BCUT2D eigenvalue weighted by Gasteiger charge is 2.34. The van der Waals surface area contributed by atoms with Gasteiger partial charge >= 0.3 is 0 Å². The van der Waals surface area contributed by atoms with Crippen LogP contribution in [0.4, 0.5) is 5.69 Å². The number of para-hydroxylation sites is 1. The first kappa shape index (κ1) is 33.7. The van der Waals surface area contributed by atoms with Crippen molar-refractivity contribution in [2.45, 2.75) is 23.9 Å². The molecule has 5 aromatic carbocycles. The summed E-state index contributed by atoms with van der Waals surface area (Å²) >= 11 is 0. The van der Waals surface area contributed by atoms with Crippen LogP contribution in [0.3, 0.4) is 0 Å². The van der Waals surface area contributed by atoms with Gasteiger partial charge in [0.1, 0.15) is 29.8 Å². The fourth-order valence-electron chi connectivity index (χ4n) is 5.24. The molecule has 0 bridgehead atoms. The van der Waals surface area contributed by atoms with Crippen molar-refractivity contribution in [3.63, 3.8) is 0 Å². The normalized spacial score (nSPS) is 11.6. The van der Waals surface area contributed by atoms with E-state index >= 15 is 0 Å². The van der Waals surface area contributed by atoms with Crippen LogP contribution in [0.25, 0.3) is 0 Å². The molecule has 2 amide bonds. The molecule has 0 saturated carbocycles. The molecule has 0 fully saturated rings. The molecule has 1 N–H and O–H groups in total. The number of methoxy groups -OCH3 is 1. The Kier molecular flexibility index (Phi) is 11.1. The van der Waals surface area contributed by atoms with Gasteiger partial charge < -0.3 is 19.7 Å². The van der Waals surface area contributed by atoms with E-state index in [1.165, 1.54) is 24.1 Å². The minimum Gasteiger partial charge on any atom is -0.497 e. The summed E-state index contributed by atoms with van der Waals surface area (Å²) in [5, 5.41) is 2.69. The zero-order valence-electron chi connectivity index (χ0n) is 26.7. The van der Waals surface area contributed by atoms with Crippen molar-refractivity contribution in [2.24, 2.45) is 0 Å². The van der Waals surface area contributed by atoms with Crippen molar-refractivity contribution in [3.8, 4) is 17.2 Å². The van der Waals surface area contributed by atoms with Crippen LogP contribution < -0.4 is 19.1 Å². The molecule has 0 aliphatic carbocycles. The zero-order chi connectivity index (χ0) is 33.9. The number of anilines is 1. The Morgan fingerprint density at radius 1 is 0.708 bits per heavy atom. The average molecular weight is 664 g/mol. The lowest BCUT2D eigenvalue weighted by Crippen LogP contribution is -2.53. The van der Waals surface area contributed by atoms with Crippen molar-refractivity contribution >= 4 is 27.5 Å². The molecule has 0 unspecified atom stereocenters. The van der Waals surface area contributed by atoms with Crippen molar-refractivity contribution < 1.29 is 27.5 Å². The first-order valence-electron chi connectivity index (χ1n) is 15.4. The molecule has 48 heavy (non-hydrogen) atoms. The topological polar surface area (TPSA) is 105 Å². The number of carbonyl (C=O) groups excluding carboxylic acids is 2. The average Bonchev–Trinajstić information content (AvgIpc) is 3.13. The molecule has 9 nitrogen and oxygen atoms in total. The van der Waals surface area contributed by atoms with Gasteiger partial charge in [0, 0.05) is 20.0 Å². The quantitative estimate of drug-likeness (QED) is 0.155. The highest BCUT2D eigenvalue weighted by Crippen LogP contribution is 2.29. The van der Waals surface area contributed by atoms with E-state index in [1.54, 1.807) is 67.8 Å². The molecule has 0 spiro atoms. The van der Waals surface area contributed by atoms with E-state index in [4.69, 9.17) is 9.47 Å². The van der Waals surface area contributed by atoms with E-state index in [-0.39, 0.29) is 29.5 Å². The number of hydrogen-bond acceptors (Lipinski definition) is 6. The predicted octanol–water partition coefficient (Wildman–Crippen LogP) is 6.07. The van der Waals surface area contributed by atoms with Crippen LogP contribution in [-0.4, -0.2) is 51.9 Å². The Morgan fingerprint density at radius 2 is 1.27 bits per heavy atom. The van der Waals surface area contributed by atoms with Gasteiger partial charge in [0.05, 0.1) is 17.7 Å². The molecular formula is C38H37N3O6S. The van der Waals surface area contributed by atoms with Gasteiger partial charge in [0.2, 0.25) is 11.8 Å². The number of rotatable bonds is 14. The number of nitrogens with one attached hydrogen (secondary N) is 1. The maximum atomic E-state index is 14.5. The fourth-order valence-corrected chi connectivity index (χ4v) is 6.68. The number of carbonyl (C=O) groups is 2. The van der Waals surface area contributed by atoms with Crippen molar-refractivity contribution in [3.05, 3.63) is 151 Å². The van der Waals surface area contributed by atoms with Crippen molar-refractivity contribution in [2.75, 3.05) is 25.0 Å². The van der Waals surface area contributed by atoms with Gasteiger partial charge in [-0.2, -0.15) is 0 Å². The molecular weight excluding hydrogens is 627 g/mol. The third-order valence-corrected chi connectivity index (χ3v) is 9.51. The summed E-state index contributed by atoms with van der Waals surface area (Å²) in [7, 11) is -1.16. The largest absolute Gasteiger partial charge is 0.497 e. The summed E-state index contributed by atoms with van der Waals surface area (Å²) in [6.07, 6.45) is 0.215. The SMILES string of the molecule is CNC(=O)[C@@H](Cc1ccccc1)N(Cc1cccc(OC)c1)C(=O)CN(c1ccc(Oc2ccccc2)cc1)S(=O)(=O)c1ccccc1. The second-order valence-electron chi connectivity index (χ2n) is 10.9. The lowest BCUT2D eigenvalue weighted by molar-refractivity contribution is -0.139. The van der Waals surface area contributed by atoms with E-state index < -0.39 is 28.5 Å². The van der Waals surface area contributed by atoms with Crippen LogP contribution in [0.5, 0.6) is 17.2 Å². The Labute approximate surface area is 281 Å². The molecule has 0 aromatic heterocycles. The second-order valence-corrected chi connectivity index (χ2v) is 12.8. The molecule has 0 aliphatic rings. The van der Waals surface area contributed by atoms with E-state index in [0.717, 1.165) is 9.87 Å². The summed E-state index contributed by atoms with van der Waals surface area (Å²) < 4.78 is 40.8. The Balaban J connectivity index is 1.54. The van der Waals surface area contributed by atoms with E-state index in [2.05, 4.69) is 5.32 Å². The summed E-state index contributed by atoms with van der Waals surface area (Å²) in [4.78, 5) is 29.4. The summed E-state index contributed by atoms with van der Waals surface area (Å²) in [5.74, 6) is 0.767. The number of likely N-dealkylation sites (N-methyl/N-ethyl adjacent to an activating group) is 1. The maximum Gasteiger partial charge on any atom is 0.264 e. The maximum absolute atomic E-state index is 14.5. The summed E-state index contributed by atoms with van der Waals surface area (Å²) in [5.41, 5.74) is 1.82. The minimum atomic E-state index is -4.22. The van der Waals surface area contributed by atoms with Gasteiger partial charge in [-0.15, -0.1) is 0 Å². The first-order chi connectivity index (χ1) is 23.3. The number of nitrogens with zero attached hydrogens (tertiary/aromatic N) is 2. The molecule has 246 valence electrons. The number of benzene rings is 5. The zero-order valence-corrected chi connectivity index (χ0v) is 27.5. The van der Waals surface area contributed by atoms with Crippen LogP contribution in [0.1, 0.15) is 11.1 Å². The minimum absolute atomic E-state index is 0.0221. The van der Waals surface area contributed by atoms with Gasteiger partial charge in [-0.05, 0) is 71.8 Å². The Morgan fingerprint density at radius 3 is 1.90 bits per heavy atom. The lowest BCUT2D eigenvalue weighted by atomic mass is 10.0. The summed E-state index contributed by atoms with van der Waals surface area (Å²) in [6, 6.07) is 39.3. The van der Waals surface area contributed by atoms with Crippen LogP contribution in [0, 0.1) is 0 Å². The van der Waals surface area contributed by atoms with Gasteiger partial charge in [0.15, 0.2) is 0 Å². The first-order valence-corrected chi connectivity index (χ1v) is 16.8. The van der Waals surface area contributed by atoms with Crippen molar-refractivity contribution in [1.29, 1.82) is 0 Å². The number of hydrogen-bond donors (Lipinski definition) is 1.